The molecule has 0 saturated carbocycles. The molecule has 1 aromatic rings. The van der Waals surface area contributed by atoms with Crippen LogP contribution in [0.1, 0.15) is 49.0 Å². The number of rotatable bonds is 6. The van der Waals surface area contributed by atoms with E-state index < -0.39 is 11.5 Å². The Morgan fingerprint density at radius 3 is 2.40 bits per heavy atom. The quantitative estimate of drug-likeness (QED) is 0.734. The molecule has 0 atom stereocenters. The third kappa shape index (κ3) is 3.94. The second-order valence-electron chi connectivity index (χ2n) is 4.95. The van der Waals surface area contributed by atoms with E-state index in [-0.39, 0.29) is 12.3 Å². The van der Waals surface area contributed by atoms with Crippen molar-refractivity contribution in [1.29, 1.82) is 0 Å². The highest BCUT2D eigenvalue weighted by Gasteiger charge is 2.31. The number of benzene rings is 1. The van der Waals surface area contributed by atoms with Crippen molar-refractivity contribution < 1.29 is 14.7 Å². The second-order valence-corrected chi connectivity index (χ2v) is 6.03. The van der Waals surface area contributed by atoms with Crippen molar-refractivity contribution in [3.05, 3.63) is 32.9 Å². The summed E-state index contributed by atoms with van der Waals surface area (Å²) in [5, 5.41) is 12.0. The minimum absolute atomic E-state index is 0.0614. The molecule has 0 aliphatic rings. The molecule has 0 radical (unpaired) electrons. The first-order valence-corrected chi connectivity index (χ1v) is 7.72. The lowest BCUT2D eigenvalue weighted by Gasteiger charge is -2.31. The van der Waals surface area contributed by atoms with Gasteiger partial charge in [0.15, 0.2) is 0 Å². The maximum atomic E-state index is 12.4. The zero-order valence-electron chi connectivity index (χ0n) is 12.0. The van der Waals surface area contributed by atoms with Crippen LogP contribution in [0.15, 0.2) is 18.2 Å². The van der Waals surface area contributed by atoms with E-state index >= 15 is 0 Å². The molecule has 0 heterocycles. The van der Waals surface area contributed by atoms with Crippen LogP contribution in [0.25, 0.3) is 0 Å². The number of hydrogen-bond donors (Lipinski definition) is 2. The Bertz CT molecular complexity index is 510. The van der Waals surface area contributed by atoms with Gasteiger partial charge < -0.3 is 10.4 Å². The van der Waals surface area contributed by atoms with Crippen LogP contribution >= 0.6 is 22.6 Å². The molecule has 0 aliphatic carbocycles. The van der Waals surface area contributed by atoms with Crippen LogP contribution in [0, 0.1) is 10.5 Å². The highest BCUT2D eigenvalue weighted by molar-refractivity contribution is 14.1. The van der Waals surface area contributed by atoms with Crippen LogP contribution in [0.2, 0.25) is 0 Å². The van der Waals surface area contributed by atoms with Gasteiger partial charge in [-0.05, 0) is 54.0 Å². The van der Waals surface area contributed by atoms with Crippen LogP contribution in [0.5, 0.6) is 0 Å². The molecule has 4 nitrogen and oxygen atoms in total. The molecule has 0 aromatic heterocycles. The summed E-state index contributed by atoms with van der Waals surface area (Å²) in [7, 11) is 0. The number of carbonyl (C=O) groups is 2. The minimum atomic E-state index is -0.895. The molecule has 0 fully saturated rings. The van der Waals surface area contributed by atoms with Gasteiger partial charge in [0.2, 0.25) is 0 Å². The predicted octanol–water partition coefficient (Wildman–Crippen LogP) is 3.36. The Morgan fingerprint density at radius 1 is 1.30 bits per heavy atom. The number of nitrogens with one attached hydrogen (secondary N) is 1. The summed E-state index contributed by atoms with van der Waals surface area (Å²) < 4.78 is 0.902. The molecule has 1 rings (SSSR count). The van der Waals surface area contributed by atoms with Crippen molar-refractivity contribution in [2.75, 3.05) is 0 Å². The summed E-state index contributed by atoms with van der Waals surface area (Å²) in [6.07, 6.45) is 1.11. The first-order chi connectivity index (χ1) is 9.35. The fraction of sp³-hybridized carbons (Fsp3) is 0.467. The molecule has 110 valence electrons. The third-order valence-corrected chi connectivity index (χ3v) is 5.09. The van der Waals surface area contributed by atoms with E-state index in [4.69, 9.17) is 5.11 Å². The van der Waals surface area contributed by atoms with Crippen LogP contribution in [0.3, 0.4) is 0 Å². The molecule has 20 heavy (non-hydrogen) atoms. The number of hydrogen-bond acceptors (Lipinski definition) is 2. The number of aryl methyl sites for hydroxylation is 1. The molecule has 0 aliphatic heterocycles. The minimum Gasteiger partial charge on any atom is -0.481 e. The lowest BCUT2D eigenvalue weighted by atomic mass is 9.88. The van der Waals surface area contributed by atoms with Gasteiger partial charge in [0.1, 0.15) is 0 Å². The van der Waals surface area contributed by atoms with Gasteiger partial charge in [-0.1, -0.05) is 26.0 Å². The van der Waals surface area contributed by atoms with Crippen molar-refractivity contribution >= 4 is 34.5 Å². The zero-order valence-corrected chi connectivity index (χ0v) is 14.2. The molecule has 2 N–H and O–H groups in total. The normalized spacial score (nSPS) is 11.2. The Hall–Kier alpha value is -1.11. The highest BCUT2D eigenvalue weighted by Crippen LogP contribution is 2.22. The molecule has 1 aromatic carbocycles. The molecule has 0 unspecified atom stereocenters. The molecule has 5 heteroatoms. The maximum absolute atomic E-state index is 12.4. The summed E-state index contributed by atoms with van der Waals surface area (Å²) in [4.78, 5) is 23.4. The van der Waals surface area contributed by atoms with Crippen molar-refractivity contribution in [1.82, 2.24) is 5.32 Å². The van der Waals surface area contributed by atoms with Crippen molar-refractivity contribution in [2.24, 2.45) is 0 Å². The van der Waals surface area contributed by atoms with Gasteiger partial charge in [-0.15, -0.1) is 0 Å². The smallest absolute Gasteiger partial charge is 0.305 e. The average Bonchev–Trinajstić information content (AvgIpc) is 2.40. The fourth-order valence-corrected chi connectivity index (χ4v) is 2.75. The van der Waals surface area contributed by atoms with E-state index in [1.54, 1.807) is 6.07 Å². The summed E-state index contributed by atoms with van der Waals surface area (Å²) in [6, 6.07) is 5.55. The first kappa shape index (κ1) is 16.9. The van der Waals surface area contributed by atoms with E-state index in [9.17, 15) is 9.59 Å². The highest BCUT2D eigenvalue weighted by atomic mass is 127. The lowest BCUT2D eigenvalue weighted by Crippen LogP contribution is -2.49. The second kappa shape index (κ2) is 7.06. The number of aliphatic carboxylic acids is 1. The molecular weight excluding hydrogens is 369 g/mol. The van der Waals surface area contributed by atoms with Gasteiger partial charge >= 0.3 is 5.97 Å². The van der Waals surface area contributed by atoms with E-state index in [1.165, 1.54) is 0 Å². The van der Waals surface area contributed by atoms with Gasteiger partial charge in [0, 0.05) is 3.57 Å². The maximum Gasteiger partial charge on any atom is 0.305 e. The standard InChI is InChI=1S/C15H20INO3/c1-4-15(5-2,9-12(18)19)17-14(20)11-8-6-7-10(3)13(11)16/h6-8H,4-5,9H2,1-3H3,(H,17,20)(H,18,19). The summed E-state index contributed by atoms with van der Waals surface area (Å²) in [6.45, 7) is 5.74. The van der Waals surface area contributed by atoms with Crippen LogP contribution in [-0.4, -0.2) is 22.5 Å². The first-order valence-electron chi connectivity index (χ1n) is 6.64. The van der Waals surface area contributed by atoms with Gasteiger partial charge in [0.25, 0.3) is 5.91 Å². The van der Waals surface area contributed by atoms with Crippen molar-refractivity contribution in [3.63, 3.8) is 0 Å². The van der Waals surface area contributed by atoms with E-state index in [0.717, 1.165) is 9.13 Å². The number of carbonyl (C=O) groups excluding carboxylic acids is 1. The van der Waals surface area contributed by atoms with Gasteiger partial charge in [-0.2, -0.15) is 0 Å². The van der Waals surface area contributed by atoms with E-state index in [2.05, 4.69) is 27.9 Å². The van der Waals surface area contributed by atoms with E-state index in [1.807, 2.05) is 32.9 Å². The summed E-state index contributed by atoms with van der Waals surface area (Å²) >= 11 is 2.14. The number of carboxylic acid groups (broad SMARTS) is 1. The molecule has 0 bridgehead atoms. The van der Waals surface area contributed by atoms with Gasteiger partial charge in [-0.25, -0.2) is 0 Å². The molecule has 0 saturated heterocycles. The molecular formula is C15H20INO3. The fourth-order valence-electron chi connectivity index (χ4n) is 2.14. The van der Waals surface area contributed by atoms with Gasteiger partial charge in [-0.3, -0.25) is 9.59 Å². The topological polar surface area (TPSA) is 66.4 Å². The summed E-state index contributed by atoms with van der Waals surface area (Å²) in [5.41, 5.74) is 0.952. The average molecular weight is 389 g/mol. The monoisotopic (exact) mass is 389 g/mol. The zero-order chi connectivity index (χ0) is 15.3. The van der Waals surface area contributed by atoms with Crippen LogP contribution in [-0.2, 0) is 4.79 Å². The van der Waals surface area contributed by atoms with E-state index in [0.29, 0.717) is 18.4 Å². The number of amides is 1. The Balaban J connectivity index is 3.02. The molecule has 0 spiro atoms. The Kier molecular flexibility index (Phi) is 5.98. The van der Waals surface area contributed by atoms with Crippen molar-refractivity contribution in [2.45, 2.75) is 45.6 Å². The Morgan fingerprint density at radius 2 is 1.90 bits per heavy atom. The SMILES string of the molecule is CCC(CC)(CC(=O)O)NC(=O)c1cccc(C)c1I. The third-order valence-electron chi connectivity index (χ3n) is 3.66. The van der Waals surface area contributed by atoms with Crippen LogP contribution < -0.4 is 5.32 Å². The van der Waals surface area contributed by atoms with Crippen molar-refractivity contribution in [3.8, 4) is 0 Å². The lowest BCUT2D eigenvalue weighted by molar-refractivity contribution is -0.138. The largest absolute Gasteiger partial charge is 0.481 e. The van der Waals surface area contributed by atoms with Gasteiger partial charge in [0.05, 0.1) is 17.5 Å². The van der Waals surface area contributed by atoms with Crippen LogP contribution in [0.4, 0.5) is 0 Å². The molecule has 1 amide bonds. The predicted molar refractivity (Wildman–Crippen MR) is 86.9 cm³/mol. The number of halogens is 1. The summed E-state index contributed by atoms with van der Waals surface area (Å²) in [5.74, 6) is -1.10. The number of carboxylic acids is 1. The Labute approximate surface area is 133 Å².